The summed E-state index contributed by atoms with van der Waals surface area (Å²) >= 11 is 5.96. The largest absolute Gasteiger partial charge is 0.493 e. The first-order valence-electron chi connectivity index (χ1n) is 10.6. The van der Waals surface area contributed by atoms with Crippen LogP contribution in [-0.4, -0.2) is 39.2 Å². The maximum Gasteiger partial charge on any atom is 0.340 e. The van der Waals surface area contributed by atoms with Gasteiger partial charge < -0.3 is 24.3 Å². The highest BCUT2D eigenvalue weighted by Crippen LogP contribution is 2.35. The van der Waals surface area contributed by atoms with Crippen LogP contribution in [0.25, 0.3) is 0 Å². The first-order valence-corrected chi connectivity index (χ1v) is 11.0. The molecular weight excluding hydrogens is 474 g/mol. The van der Waals surface area contributed by atoms with Gasteiger partial charge in [-0.05, 0) is 41.5 Å². The van der Waals surface area contributed by atoms with E-state index in [0.717, 1.165) is 5.56 Å². The highest BCUT2D eigenvalue weighted by atomic mass is 35.5. The van der Waals surface area contributed by atoms with Crippen molar-refractivity contribution in [2.75, 3.05) is 26.6 Å². The summed E-state index contributed by atoms with van der Waals surface area (Å²) in [5.41, 5.74) is 2.47. The molecular formula is C26H22ClNO7. The Hall–Kier alpha value is -4.04. The number of amides is 1. The number of hydrogen-bond donors (Lipinski definition) is 1. The molecule has 0 saturated carbocycles. The minimum Gasteiger partial charge on any atom is -0.493 e. The van der Waals surface area contributed by atoms with Crippen LogP contribution in [0.1, 0.15) is 48.3 Å². The Balaban J connectivity index is 1.63. The van der Waals surface area contributed by atoms with E-state index in [9.17, 15) is 14.4 Å². The molecule has 8 nitrogen and oxygen atoms in total. The van der Waals surface area contributed by atoms with Crippen LogP contribution in [0.3, 0.4) is 0 Å². The lowest BCUT2D eigenvalue weighted by atomic mass is 9.93. The van der Waals surface area contributed by atoms with E-state index >= 15 is 0 Å². The lowest BCUT2D eigenvalue weighted by Gasteiger charge is -2.25. The molecule has 1 aliphatic heterocycles. The molecule has 1 atom stereocenters. The number of carbonyl (C=O) groups excluding carboxylic acids is 3. The van der Waals surface area contributed by atoms with Crippen molar-refractivity contribution in [3.05, 3.63) is 87.4 Å². The minimum atomic E-state index is -0.653. The molecule has 0 radical (unpaired) electrons. The molecule has 1 aliphatic rings. The average molecular weight is 496 g/mol. The molecule has 180 valence electrons. The van der Waals surface area contributed by atoms with Gasteiger partial charge in [-0.25, -0.2) is 9.59 Å². The van der Waals surface area contributed by atoms with E-state index in [2.05, 4.69) is 5.32 Å². The van der Waals surface area contributed by atoms with Gasteiger partial charge in [-0.15, -0.1) is 0 Å². The Kier molecular flexibility index (Phi) is 6.93. The van der Waals surface area contributed by atoms with Gasteiger partial charge in [0, 0.05) is 29.1 Å². The molecule has 0 saturated heterocycles. The predicted octanol–water partition coefficient (Wildman–Crippen LogP) is 4.85. The van der Waals surface area contributed by atoms with Crippen LogP contribution in [0.4, 0.5) is 5.69 Å². The molecule has 4 rings (SSSR count). The Morgan fingerprint density at radius 3 is 2.31 bits per heavy atom. The van der Waals surface area contributed by atoms with Crippen molar-refractivity contribution in [2.45, 2.75) is 12.5 Å². The highest BCUT2D eigenvalue weighted by molar-refractivity contribution is 6.30. The van der Waals surface area contributed by atoms with E-state index in [1.165, 1.54) is 39.5 Å². The van der Waals surface area contributed by atoms with Gasteiger partial charge in [0.2, 0.25) is 0 Å². The summed E-state index contributed by atoms with van der Waals surface area (Å²) in [6.45, 7) is 0. The molecule has 9 heteroatoms. The molecule has 3 aromatic carbocycles. The van der Waals surface area contributed by atoms with Crippen molar-refractivity contribution in [3.63, 3.8) is 0 Å². The van der Waals surface area contributed by atoms with Gasteiger partial charge in [-0.1, -0.05) is 23.7 Å². The summed E-state index contributed by atoms with van der Waals surface area (Å²) < 4.78 is 21.0. The Morgan fingerprint density at radius 2 is 1.66 bits per heavy atom. The van der Waals surface area contributed by atoms with Crippen LogP contribution in [-0.2, 0) is 15.9 Å². The SMILES string of the molecule is COC(=O)c1cc(OC)c(OC)cc1NC(=O)c1ccc2c(c1)C[C@H](c1ccc(Cl)cc1)OC2=O. The number of halogens is 1. The fraction of sp³-hybridized carbons (Fsp3) is 0.192. The van der Waals surface area contributed by atoms with Crippen LogP contribution in [0.2, 0.25) is 5.02 Å². The van der Waals surface area contributed by atoms with Crippen LogP contribution >= 0.6 is 11.6 Å². The van der Waals surface area contributed by atoms with Crippen LogP contribution < -0.4 is 14.8 Å². The second-order valence-corrected chi connectivity index (χ2v) is 8.16. The van der Waals surface area contributed by atoms with Gasteiger partial charge in [-0.3, -0.25) is 4.79 Å². The predicted molar refractivity (Wildman–Crippen MR) is 129 cm³/mol. The maximum atomic E-state index is 13.1. The molecule has 1 heterocycles. The van der Waals surface area contributed by atoms with E-state index in [0.29, 0.717) is 39.6 Å². The Bertz CT molecular complexity index is 1300. The molecule has 0 aromatic heterocycles. The fourth-order valence-electron chi connectivity index (χ4n) is 3.86. The monoisotopic (exact) mass is 495 g/mol. The van der Waals surface area contributed by atoms with E-state index < -0.39 is 23.9 Å². The second kappa shape index (κ2) is 10.1. The standard InChI is InChI=1S/C26H22ClNO7/c1-32-22-12-19(25(30)34-3)20(13-23(22)33-2)28-24(29)15-6-9-18-16(10-15)11-21(35-26(18)31)14-4-7-17(27)8-5-14/h4-10,12-13,21H,11H2,1-3H3,(H,28,29)/t21-/m1/s1. The number of fused-ring (bicyclic) bond motifs is 1. The average Bonchev–Trinajstić information content (AvgIpc) is 2.87. The number of nitrogens with one attached hydrogen (secondary N) is 1. The maximum absolute atomic E-state index is 13.1. The third kappa shape index (κ3) is 4.93. The van der Waals surface area contributed by atoms with E-state index in [4.69, 9.17) is 30.5 Å². The summed E-state index contributed by atoms with van der Waals surface area (Å²) in [6, 6.07) is 14.7. The first kappa shape index (κ1) is 24.1. The van der Waals surface area contributed by atoms with Gasteiger partial charge in [0.15, 0.2) is 11.5 Å². The quantitative estimate of drug-likeness (QED) is 0.488. The molecule has 0 unspecified atom stereocenters. The van der Waals surface area contributed by atoms with Gasteiger partial charge in [0.1, 0.15) is 6.10 Å². The topological polar surface area (TPSA) is 100 Å². The third-order valence-electron chi connectivity index (χ3n) is 5.66. The zero-order valence-electron chi connectivity index (χ0n) is 19.2. The molecule has 35 heavy (non-hydrogen) atoms. The number of rotatable bonds is 6. The number of carbonyl (C=O) groups is 3. The molecule has 0 aliphatic carbocycles. The molecule has 0 bridgehead atoms. The summed E-state index contributed by atoms with van der Waals surface area (Å²) in [5, 5.41) is 3.31. The fourth-order valence-corrected chi connectivity index (χ4v) is 3.98. The van der Waals surface area contributed by atoms with Crippen molar-refractivity contribution < 1.29 is 33.3 Å². The zero-order valence-corrected chi connectivity index (χ0v) is 20.0. The van der Waals surface area contributed by atoms with Gasteiger partial charge in [0.25, 0.3) is 5.91 Å². The van der Waals surface area contributed by atoms with Gasteiger partial charge >= 0.3 is 11.9 Å². The van der Waals surface area contributed by atoms with Crippen LogP contribution in [0.5, 0.6) is 11.5 Å². The number of esters is 2. The molecule has 3 aromatic rings. The molecule has 1 amide bonds. The highest BCUT2D eigenvalue weighted by Gasteiger charge is 2.28. The summed E-state index contributed by atoms with van der Waals surface area (Å²) in [4.78, 5) is 38.0. The lowest BCUT2D eigenvalue weighted by molar-refractivity contribution is 0.0252. The normalized spacial score (nSPS) is 14.4. The molecule has 0 fully saturated rings. The summed E-state index contributed by atoms with van der Waals surface area (Å²) in [7, 11) is 4.12. The number of benzene rings is 3. The van der Waals surface area contributed by atoms with Crippen molar-refractivity contribution in [1.29, 1.82) is 0 Å². The lowest BCUT2D eigenvalue weighted by Crippen LogP contribution is -2.23. The third-order valence-corrected chi connectivity index (χ3v) is 5.91. The molecule has 0 spiro atoms. The van der Waals surface area contributed by atoms with Crippen molar-refractivity contribution >= 4 is 35.1 Å². The zero-order chi connectivity index (χ0) is 25.1. The summed E-state index contributed by atoms with van der Waals surface area (Å²) in [6.07, 6.45) is -0.101. The van der Waals surface area contributed by atoms with E-state index in [-0.39, 0.29) is 11.3 Å². The van der Waals surface area contributed by atoms with Crippen molar-refractivity contribution in [2.24, 2.45) is 0 Å². The van der Waals surface area contributed by atoms with Crippen molar-refractivity contribution in [1.82, 2.24) is 0 Å². The van der Waals surface area contributed by atoms with Crippen LogP contribution in [0, 0.1) is 0 Å². The molecule has 1 N–H and O–H groups in total. The summed E-state index contributed by atoms with van der Waals surface area (Å²) in [5.74, 6) is -0.959. The number of ether oxygens (including phenoxy) is 4. The van der Waals surface area contributed by atoms with E-state index in [1.54, 1.807) is 36.4 Å². The van der Waals surface area contributed by atoms with Gasteiger partial charge in [0.05, 0.1) is 38.1 Å². The minimum absolute atomic E-state index is 0.0999. The number of cyclic esters (lactones) is 1. The smallest absolute Gasteiger partial charge is 0.340 e. The second-order valence-electron chi connectivity index (χ2n) is 7.72. The van der Waals surface area contributed by atoms with Crippen LogP contribution in [0.15, 0.2) is 54.6 Å². The number of methoxy groups -OCH3 is 3. The van der Waals surface area contributed by atoms with E-state index in [1.807, 2.05) is 0 Å². The first-order chi connectivity index (χ1) is 16.8. The Labute approximate surface area is 206 Å². The van der Waals surface area contributed by atoms with Gasteiger partial charge in [-0.2, -0.15) is 0 Å². The Morgan fingerprint density at radius 1 is 0.971 bits per heavy atom. The number of hydrogen-bond acceptors (Lipinski definition) is 7. The van der Waals surface area contributed by atoms with Crippen molar-refractivity contribution in [3.8, 4) is 11.5 Å². The number of anilines is 1.